The van der Waals surface area contributed by atoms with Gasteiger partial charge in [-0.25, -0.2) is 0 Å². The lowest BCUT2D eigenvalue weighted by atomic mass is 9.87. The van der Waals surface area contributed by atoms with Crippen LogP contribution in [0.1, 0.15) is 72.9 Å². The molecule has 0 saturated heterocycles. The number of nitrogens with one attached hydrogen (secondary N) is 1. The number of aliphatic carboxylic acids is 1. The number of carboxylic acids is 1. The smallest absolute Gasteiger partial charge is 0.305 e. The summed E-state index contributed by atoms with van der Waals surface area (Å²) in [4.78, 5) is 38.4. The van der Waals surface area contributed by atoms with Crippen LogP contribution in [0.25, 0.3) is 0 Å². The summed E-state index contributed by atoms with van der Waals surface area (Å²) in [6.45, 7) is 10.7. The number of hydrogen-bond acceptors (Lipinski definition) is 4. The average Bonchev–Trinajstić information content (AvgIpc) is 2.86. The monoisotopic (exact) mass is 516 g/mol. The van der Waals surface area contributed by atoms with Gasteiger partial charge in [-0.15, -0.1) is 0 Å². The van der Waals surface area contributed by atoms with Crippen molar-refractivity contribution in [1.82, 2.24) is 5.32 Å². The maximum atomic E-state index is 13.7. The number of anilines is 1. The molecular formula is C31H36N2O5. The van der Waals surface area contributed by atoms with Crippen molar-refractivity contribution in [3.8, 4) is 5.75 Å². The first-order valence-corrected chi connectivity index (χ1v) is 12.7. The zero-order chi connectivity index (χ0) is 27.9. The van der Waals surface area contributed by atoms with Gasteiger partial charge in [-0.1, -0.05) is 45.0 Å². The molecule has 200 valence electrons. The molecule has 2 N–H and O–H groups in total. The Kier molecular flexibility index (Phi) is 9.29. The number of benzene rings is 3. The van der Waals surface area contributed by atoms with E-state index in [1.165, 1.54) is 5.56 Å². The lowest BCUT2D eigenvalue weighted by molar-refractivity contribution is -0.136. The molecule has 0 atom stereocenters. The van der Waals surface area contributed by atoms with E-state index in [0.29, 0.717) is 23.4 Å². The van der Waals surface area contributed by atoms with Crippen LogP contribution in [0.3, 0.4) is 0 Å². The van der Waals surface area contributed by atoms with Crippen LogP contribution in [0.2, 0.25) is 0 Å². The highest BCUT2D eigenvalue weighted by molar-refractivity contribution is 6.06. The van der Waals surface area contributed by atoms with Crippen LogP contribution in [0.5, 0.6) is 5.75 Å². The van der Waals surface area contributed by atoms with E-state index in [4.69, 9.17) is 9.84 Å². The summed E-state index contributed by atoms with van der Waals surface area (Å²) < 4.78 is 5.71. The molecular weight excluding hydrogens is 480 g/mol. The number of nitrogens with zero attached hydrogens (tertiary/aromatic N) is 1. The average molecular weight is 517 g/mol. The molecule has 3 rings (SSSR count). The number of carbonyl (C=O) groups excluding carboxylic acids is 2. The Balaban J connectivity index is 1.85. The Morgan fingerprint density at radius 2 is 1.45 bits per heavy atom. The molecule has 0 unspecified atom stereocenters. The lowest BCUT2D eigenvalue weighted by Gasteiger charge is -2.25. The molecule has 0 bridgehead atoms. The molecule has 0 saturated carbocycles. The summed E-state index contributed by atoms with van der Waals surface area (Å²) in [5.41, 5.74) is 3.73. The Morgan fingerprint density at radius 1 is 0.868 bits per heavy atom. The molecule has 0 fully saturated rings. The van der Waals surface area contributed by atoms with Gasteiger partial charge >= 0.3 is 5.97 Å². The number of carbonyl (C=O) groups is 3. The van der Waals surface area contributed by atoms with Crippen molar-refractivity contribution >= 4 is 23.5 Å². The fourth-order valence-electron chi connectivity index (χ4n) is 3.85. The van der Waals surface area contributed by atoms with Crippen LogP contribution in [0.15, 0.2) is 72.8 Å². The molecule has 0 aliphatic rings. The van der Waals surface area contributed by atoms with E-state index in [1.54, 1.807) is 53.4 Å². The molecule has 38 heavy (non-hydrogen) atoms. The van der Waals surface area contributed by atoms with Crippen molar-refractivity contribution < 1.29 is 24.2 Å². The van der Waals surface area contributed by atoms with Crippen molar-refractivity contribution in [2.24, 2.45) is 0 Å². The van der Waals surface area contributed by atoms with Crippen LogP contribution in [0, 0.1) is 0 Å². The van der Waals surface area contributed by atoms with Crippen molar-refractivity contribution in [1.29, 1.82) is 0 Å². The summed E-state index contributed by atoms with van der Waals surface area (Å²) in [5, 5.41) is 11.3. The molecule has 7 nitrogen and oxygen atoms in total. The minimum atomic E-state index is -0.969. The van der Waals surface area contributed by atoms with Crippen molar-refractivity contribution in [3.63, 3.8) is 0 Å². The van der Waals surface area contributed by atoms with E-state index in [2.05, 4.69) is 26.1 Å². The second-order valence-electron chi connectivity index (χ2n) is 10.5. The molecule has 0 spiro atoms. The maximum absolute atomic E-state index is 13.7. The fourth-order valence-corrected chi connectivity index (χ4v) is 3.85. The highest BCUT2D eigenvalue weighted by Gasteiger charge is 2.20. The van der Waals surface area contributed by atoms with E-state index in [-0.39, 0.29) is 36.3 Å². The summed E-state index contributed by atoms with van der Waals surface area (Å²) in [7, 11) is 0. The van der Waals surface area contributed by atoms with Gasteiger partial charge in [0.25, 0.3) is 11.8 Å². The highest BCUT2D eigenvalue weighted by atomic mass is 16.5. The summed E-state index contributed by atoms with van der Waals surface area (Å²) in [6.07, 6.45) is -0.101. The van der Waals surface area contributed by atoms with Crippen molar-refractivity contribution in [2.45, 2.75) is 59.1 Å². The SMILES string of the molecule is CC(C)Oc1ccc(C(=O)N(Cc2ccc(C(=O)NCCC(=O)O)cc2)c2ccc(C(C)(C)C)cc2)cc1. The van der Waals surface area contributed by atoms with Gasteiger partial charge in [0.2, 0.25) is 0 Å². The zero-order valence-electron chi connectivity index (χ0n) is 22.7. The molecule has 0 aromatic heterocycles. The zero-order valence-corrected chi connectivity index (χ0v) is 22.7. The van der Waals surface area contributed by atoms with Gasteiger partial charge in [0, 0.05) is 23.4 Å². The number of hydrogen-bond donors (Lipinski definition) is 2. The summed E-state index contributed by atoms with van der Waals surface area (Å²) in [5.74, 6) is -0.759. The minimum absolute atomic E-state index is 0.0134. The van der Waals surface area contributed by atoms with E-state index in [9.17, 15) is 14.4 Å². The maximum Gasteiger partial charge on any atom is 0.305 e. The quantitative estimate of drug-likeness (QED) is 0.354. The van der Waals surface area contributed by atoms with Crippen LogP contribution < -0.4 is 15.0 Å². The van der Waals surface area contributed by atoms with Gasteiger partial charge in [0.15, 0.2) is 0 Å². The van der Waals surface area contributed by atoms with E-state index in [0.717, 1.165) is 11.3 Å². The minimum Gasteiger partial charge on any atom is -0.491 e. The van der Waals surface area contributed by atoms with E-state index in [1.807, 2.05) is 38.1 Å². The van der Waals surface area contributed by atoms with E-state index < -0.39 is 5.97 Å². The number of carboxylic acid groups (broad SMARTS) is 1. The molecule has 7 heteroatoms. The third kappa shape index (κ3) is 7.93. The van der Waals surface area contributed by atoms with Gasteiger partial charge in [0.1, 0.15) is 5.75 Å². The number of rotatable bonds is 10. The molecule has 3 aromatic carbocycles. The van der Waals surface area contributed by atoms with Crippen LogP contribution in [-0.4, -0.2) is 35.5 Å². The van der Waals surface area contributed by atoms with Crippen molar-refractivity contribution in [2.75, 3.05) is 11.4 Å². The van der Waals surface area contributed by atoms with Gasteiger partial charge in [-0.2, -0.15) is 0 Å². The first-order valence-electron chi connectivity index (χ1n) is 12.7. The molecule has 0 aliphatic heterocycles. The first-order chi connectivity index (χ1) is 17.9. The van der Waals surface area contributed by atoms with Crippen LogP contribution >= 0.6 is 0 Å². The third-order valence-corrected chi connectivity index (χ3v) is 5.94. The number of ether oxygens (including phenoxy) is 1. The fraction of sp³-hybridized carbons (Fsp3) is 0.323. The topological polar surface area (TPSA) is 95.9 Å². The predicted octanol–water partition coefficient (Wildman–Crippen LogP) is 5.82. The second kappa shape index (κ2) is 12.4. The molecule has 0 aliphatic carbocycles. The van der Waals surface area contributed by atoms with Gasteiger partial charge < -0.3 is 20.1 Å². The van der Waals surface area contributed by atoms with Gasteiger partial charge in [0.05, 0.1) is 19.1 Å². The van der Waals surface area contributed by atoms with Crippen LogP contribution in [-0.2, 0) is 16.8 Å². The number of amides is 2. The molecule has 0 heterocycles. The summed E-state index contributed by atoms with van der Waals surface area (Å²) >= 11 is 0. The standard InChI is InChI=1S/C31H36N2O5/c1-21(2)38-27-16-10-24(11-17-27)30(37)33(26-14-12-25(13-15-26)31(3,4)5)20-22-6-8-23(9-7-22)29(36)32-19-18-28(34)35/h6-17,21H,18-20H2,1-5H3,(H,32,36)(H,34,35). The third-order valence-electron chi connectivity index (χ3n) is 5.94. The Hall–Kier alpha value is -4.13. The normalized spacial score (nSPS) is 11.2. The predicted molar refractivity (Wildman–Crippen MR) is 149 cm³/mol. The molecule has 2 amide bonds. The highest BCUT2D eigenvalue weighted by Crippen LogP contribution is 2.27. The van der Waals surface area contributed by atoms with Gasteiger partial charge in [-0.05, 0) is 78.9 Å². The van der Waals surface area contributed by atoms with Gasteiger partial charge in [-0.3, -0.25) is 14.4 Å². The Labute approximate surface area is 224 Å². The molecule has 0 radical (unpaired) electrons. The Bertz CT molecular complexity index is 1240. The van der Waals surface area contributed by atoms with Crippen LogP contribution in [0.4, 0.5) is 5.69 Å². The second-order valence-corrected chi connectivity index (χ2v) is 10.5. The molecule has 3 aromatic rings. The Morgan fingerprint density at radius 3 is 1.97 bits per heavy atom. The largest absolute Gasteiger partial charge is 0.491 e. The summed E-state index contributed by atoms with van der Waals surface area (Å²) in [6, 6.07) is 22.1. The first kappa shape index (κ1) is 28.4. The van der Waals surface area contributed by atoms with Crippen molar-refractivity contribution in [3.05, 3.63) is 95.1 Å². The van der Waals surface area contributed by atoms with E-state index >= 15 is 0 Å². The lowest BCUT2D eigenvalue weighted by Crippen LogP contribution is -2.30.